The highest BCUT2D eigenvalue weighted by Crippen LogP contribution is 2.49. The minimum atomic E-state index is -2.18. The molecule has 2 aromatic rings. The Morgan fingerprint density at radius 2 is 0.912 bits per heavy atom. The third-order valence-corrected chi connectivity index (χ3v) is 19.4. The Morgan fingerprint density at radius 3 is 1.21 bits per heavy atom. The van der Waals surface area contributed by atoms with Crippen molar-refractivity contribution in [2.75, 3.05) is 0 Å². The van der Waals surface area contributed by atoms with Crippen LogP contribution in [0.15, 0.2) is 12.1 Å². The normalized spacial score (nSPS) is 13.4. The molecule has 186 valence electrons. The van der Waals surface area contributed by atoms with Crippen molar-refractivity contribution in [1.29, 1.82) is 0 Å². The second kappa shape index (κ2) is 10.7. The summed E-state index contributed by atoms with van der Waals surface area (Å²) in [5.74, 6) is 0. The summed E-state index contributed by atoms with van der Waals surface area (Å²) in [5, 5.41) is 0.236. The molecular formula is C27H43B2Cl3Si2. The van der Waals surface area contributed by atoms with E-state index in [1.165, 1.54) is 55.4 Å². The van der Waals surface area contributed by atoms with Gasteiger partial charge in [0, 0.05) is 0 Å². The van der Waals surface area contributed by atoms with Gasteiger partial charge < -0.3 is 0 Å². The van der Waals surface area contributed by atoms with Crippen LogP contribution >= 0.6 is 33.6 Å². The molecule has 0 aliphatic heterocycles. The predicted molar refractivity (Wildman–Crippen MR) is 167 cm³/mol. The van der Waals surface area contributed by atoms with Gasteiger partial charge >= 0.3 is 0 Å². The van der Waals surface area contributed by atoms with E-state index in [4.69, 9.17) is 33.6 Å². The van der Waals surface area contributed by atoms with Crippen molar-refractivity contribution in [2.24, 2.45) is 0 Å². The number of benzene rings is 2. The lowest BCUT2D eigenvalue weighted by molar-refractivity contribution is 1.10. The zero-order chi connectivity index (χ0) is 26.5. The molecule has 0 heterocycles. The SMILES string of the molecule is CB(c1c(C)c(C)cc(C)c1C)C(B(Cl)c1c(C)c(C)cc(C)c1C)C([Si](C)(C)Cl)[Si](C)(C)Cl. The Kier molecular flexibility index (Phi) is 9.47. The number of hydrogen-bond donors (Lipinski definition) is 0. The summed E-state index contributed by atoms with van der Waals surface area (Å²) in [6.45, 7) is 29.5. The highest BCUT2D eigenvalue weighted by molar-refractivity contribution is 7.35. The molecule has 1 atom stereocenters. The predicted octanol–water partition coefficient (Wildman–Crippen LogP) is 8.33. The van der Waals surface area contributed by atoms with E-state index in [2.05, 4.69) is 101 Å². The summed E-state index contributed by atoms with van der Waals surface area (Å²) in [7, 11) is -4.37. The summed E-state index contributed by atoms with van der Waals surface area (Å²) in [4.78, 5) is 0. The van der Waals surface area contributed by atoms with Gasteiger partial charge in [-0.05, 0) is 82.8 Å². The van der Waals surface area contributed by atoms with Gasteiger partial charge in [-0.15, -0.1) is 0 Å². The molecule has 34 heavy (non-hydrogen) atoms. The van der Waals surface area contributed by atoms with Crippen molar-refractivity contribution in [3.8, 4) is 0 Å². The van der Waals surface area contributed by atoms with E-state index in [0.29, 0.717) is 0 Å². The Balaban J connectivity index is 2.94. The van der Waals surface area contributed by atoms with Crippen molar-refractivity contribution in [1.82, 2.24) is 0 Å². The van der Waals surface area contributed by atoms with Crippen molar-refractivity contribution in [2.45, 2.75) is 99.3 Å². The maximum absolute atomic E-state index is 7.69. The Labute approximate surface area is 227 Å². The summed E-state index contributed by atoms with van der Waals surface area (Å²) < 4.78 is 0. The van der Waals surface area contributed by atoms with Gasteiger partial charge in [-0.2, -0.15) is 33.6 Å². The third-order valence-electron chi connectivity index (χ3n) is 8.36. The molecule has 0 aliphatic carbocycles. The molecule has 0 spiro atoms. The van der Waals surface area contributed by atoms with Crippen molar-refractivity contribution < 1.29 is 0 Å². The lowest BCUT2D eigenvalue weighted by Gasteiger charge is -2.44. The van der Waals surface area contributed by atoms with E-state index in [9.17, 15) is 0 Å². The molecule has 0 N–H and O–H groups in total. The third kappa shape index (κ3) is 5.88. The van der Waals surface area contributed by atoms with Crippen LogP contribution in [0.2, 0.25) is 43.9 Å². The highest BCUT2D eigenvalue weighted by atomic mass is 35.6. The average molecular weight is 552 g/mol. The van der Waals surface area contributed by atoms with Crippen LogP contribution in [0.25, 0.3) is 0 Å². The first kappa shape index (κ1) is 30.1. The standard InChI is InChI=1S/C27H43B2Cl3Si2/c1-16-14-17(2)21(6)24(20(16)5)28(9)26(27(33(10,11)31)34(12,13)32)29(30)25-22(7)18(3)15-19(4)23(25)8/h14-15,26-27H,1-13H3. The molecule has 0 saturated carbocycles. The fourth-order valence-corrected chi connectivity index (χ4v) is 23.0. The van der Waals surface area contributed by atoms with Crippen LogP contribution in [0, 0.1) is 55.4 Å². The Hall–Kier alpha value is -0.126. The number of rotatable bonds is 7. The van der Waals surface area contributed by atoms with Crippen molar-refractivity contribution in [3.05, 3.63) is 56.6 Å². The van der Waals surface area contributed by atoms with Gasteiger partial charge in [0.15, 0.2) is 21.5 Å². The van der Waals surface area contributed by atoms with Crippen LogP contribution < -0.4 is 10.9 Å². The van der Waals surface area contributed by atoms with Crippen LogP contribution in [-0.2, 0) is 0 Å². The lowest BCUT2D eigenvalue weighted by atomic mass is 9.26. The largest absolute Gasteiger partial charge is 0.279 e. The first-order valence-electron chi connectivity index (χ1n) is 12.5. The van der Waals surface area contributed by atoms with Gasteiger partial charge in [0.05, 0.1) is 0 Å². The summed E-state index contributed by atoms with van der Waals surface area (Å²) in [5.41, 5.74) is 13.5. The summed E-state index contributed by atoms with van der Waals surface area (Å²) in [6.07, 6.45) is -0.158. The van der Waals surface area contributed by atoms with Gasteiger partial charge in [-0.25, -0.2) is 0 Å². The molecule has 0 aromatic heterocycles. The molecule has 0 saturated heterocycles. The Bertz CT molecular complexity index is 936. The number of hydrogen-bond acceptors (Lipinski definition) is 0. The van der Waals surface area contributed by atoms with Crippen LogP contribution in [-0.4, -0.2) is 27.6 Å². The smallest absolute Gasteiger partial charge is 0.189 e. The number of aryl methyl sites for hydroxylation is 4. The lowest BCUT2D eigenvalue weighted by Crippen LogP contribution is -2.56. The van der Waals surface area contributed by atoms with Gasteiger partial charge in [-0.1, -0.05) is 84.0 Å². The first-order chi connectivity index (χ1) is 15.3. The zero-order valence-corrected chi connectivity index (χ0v) is 27.9. The first-order valence-corrected chi connectivity index (χ1v) is 21.1. The van der Waals surface area contributed by atoms with E-state index in [1.54, 1.807) is 0 Å². The van der Waals surface area contributed by atoms with Gasteiger partial charge in [0.25, 0.3) is 6.13 Å². The molecule has 2 rings (SSSR count). The average Bonchev–Trinajstić information content (AvgIpc) is 2.67. The molecular weight excluding hydrogens is 508 g/mol. The minimum Gasteiger partial charge on any atom is -0.189 e. The fraction of sp³-hybridized carbons (Fsp3) is 0.556. The zero-order valence-electron chi connectivity index (χ0n) is 23.6. The molecule has 2 aromatic carbocycles. The molecule has 0 amide bonds. The molecule has 1 unspecified atom stereocenters. The van der Waals surface area contributed by atoms with Crippen molar-refractivity contribution >= 4 is 72.2 Å². The minimum absolute atomic E-state index is 0.150. The van der Waals surface area contributed by atoms with E-state index in [-0.39, 0.29) is 23.7 Å². The fourth-order valence-electron chi connectivity index (χ4n) is 6.42. The van der Waals surface area contributed by atoms with E-state index < -0.39 is 14.8 Å². The topological polar surface area (TPSA) is 0 Å². The van der Waals surface area contributed by atoms with Crippen LogP contribution in [0.5, 0.6) is 0 Å². The summed E-state index contributed by atoms with van der Waals surface area (Å²) in [6, 6.07) is 4.59. The van der Waals surface area contributed by atoms with Crippen LogP contribution in [0.3, 0.4) is 0 Å². The van der Waals surface area contributed by atoms with Crippen LogP contribution in [0.4, 0.5) is 0 Å². The van der Waals surface area contributed by atoms with Gasteiger partial charge in [-0.3, -0.25) is 0 Å². The molecule has 0 radical (unpaired) electrons. The Morgan fingerprint density at radius 1 is 0.618 bits per heavy atom. The second-order valence-electron chi connectivity index (χ2n) is 11.7. The second-order valence-corrected chi connectivity index (χ2v) is 26.1. The molecule has 0 fully saturated rings. The maximum atomic E-state index is 7.69. The molecule has 0 bridgehead atoms. The molecule has 7 heteroatoms. The molecule has 0 aliphatic rings. The number of halogens is 3. The van der Waals surface area contributed by atoms with Crippen molar-refractivity contribution in [3.63, 3.8) is 0 Å². The van der Waals surface area contributed by atoms with E-state index in [0.717, 1.165) is 0 Å². The van der Waals surface area contributed by atoms with Gasteiger partial charge in [0.1, 0.15) is 0 Å². The van der Waals surface area contributed by atoms with Crippen LogP contribution in [0.1, 0.15) is 44.5 Å². The maximum Gasteiger partial charge on any atom is 0.279 e. The van der Waals surface area contributed by atoms with Gasteiger partial charge in [0.2, 0.25) is 0 Å². The quantitative estimate of drug-likeness (QED) is 0.240. The van der Waals surface area contributed by atoms with E-state index in [1.807, 2.05) is 0 Å². The summed E-state index contributed by atoms with van der Waals surface area (Å²) >= 11 is 22.4. The monoisotopic (exact) mass is 550 g/mol. The molecule has 0 nitrogen and oxygen atoms in total. The highest BCUT2D eigenvalue weighted by Gasteiger charge is 2.53. The van der Waals surface area contributed by atoms with E-state index >= 15 is 0 Å².